The molecule has 0 amide bonds. The summed E-state index contributed by atoms with van der Waals surface area (Å²) >= 11 is 0. The Hall–Kier alpha value is -9.45. The summed E-state index contributed by atoms with van der Waals surface area (Å²) in [7, 11) is 0. The van der Waals surface area contributed by atoms with Crippen molar-refractivity contribution < 1.29 is 0 Å². The molecular weight excluding hydrogens is 851 g/mol. The highest BCUT2D eigenvalue weighted by molar-refractivity contribution is 6.20. The molecule has 10 aromatic carbocycles. The average Bonchev–Trinajstić information content (AvgIpc) is 3.95. The minimum Gasteiger partial charge on any atom is -0.309 e. The molecule has 0 saturated heterocycles. The van der Waals surface area contributed by atoms with E-state index in [1.165, 1.54) is 49.0 Å². The zero-order chi connectivity index (χ0) is 46.1. The number of pyridine rings is 1. The van der Waals surface area contributed by atoms with E-state index in [-0.39, 0.29) is 0 Å². The van der Waals surface area contributed by atoms with Gasteiger partial charge in [-0.05, 0) is 83.2 Å². The van der Waals surface area contributed by atoms with Gasteiger partial charge in [0.05, 0.1) is 44.7 Å². The second-order valence-electron chi connectivity index (χ2n) is 18.0. The van der Waals surface area contributed by atoms with Gasteiger partial charge >= 0.3 is 0 Å². The summed E-state index contributed by atoms with van der Waals surface area (Å²) in [5.74, 6) is 0.687. The minimum atomic E-state index is 0.687. The Balaban J connectivity index is 0.864. The summed E-state index contributed by atoms with van der Waals surface area (Å²) in [6, 6.07) is 88.5. The van der Waals surface area contributed by atoms with E-state index in [0.717, 1.165) is 78.1 Å². The molecular formula is C65H41N5. The lowest BCUT2D eigenvalue weighted by Gasteiger charge is -2.14. The predicted molar refractivity (Wildman–Crippen MR) is 291 cm³/mol. The molecule has 70 heavy (non-hydrogen) atoms. The molecule has 5 heteroatoms. The summed E-state index contributed by atoms with van der Waals surface area (Å²) in [5, 5.41) is 8.35. The molecule has 14 aromatic rings. The molecule has 0 spiro atoms. The lowest BCUT2D eigenvalue weighted by atomic mass is 9.95. The average molecular weight is 892 g/mol. The number of fused-ring (bicyclic) bond motifs is 9. The highest BCUT2D eigenvalue weighted by Crippen LogP contribution is 2.41. The van der Waals surface area contributed by atoms with E-state index in [9.17, 15) is 0 Å². The number of para-hydroxylation sites is 4. The van der Waals surface area contributed by atoms with E-state index in [4.69, 9.17) is 15.0 Å². The van der Waals surface area contributed by atoms with E-state index in [1.54, 1.807) is 0 Å². The summed E-state index contributed by atoms with van der Waals surface area (Å²) < 4.78 is 4.73. The molecule has 0 aliphatic heterocycles. The zero-order valence-electron chi connectivity index (χ0n) is 37.9. The van der Waals surface area contributed by atoms with Crippen LogP contribution in [0.1, 0.15) is 0 Å². The molecule has 4 heterocycles. The lowest BCUT2D eigenvalue weighted by Crippen LogP contribution is -1.97. The van der Waals surface area contributed by atoms with E-state index in [1.807, 2.05) is 18.2 Å². The van der Waals surface area contributed by atoms with Crippen molar-refractivity contribution in [2.24, 2.45) is 0 Å². The first-order valence-electron chi connectivity index (χ1n) is 23.8. The molecule has 0 fully saturated rings. The maximum absolute atomic E-state index is 5.48. The molecule has 0 bridgehead atoms. The van der Waals surface area contributed by atoms with Crippen LogP contribution >= 0.6 is 0 Å². The maximum atomic E-state index is 5.48. The number of hydrogen-bond donors (Lipinski definition) is 0. The summed E-state index contributed by atoms with van der Waals surface area (Å²) in [4.78, 5) is 15.8. The molecule has 0 saturated carbocycles. The van der Waals surface area contributed by atoms with E-state index >= 15 is 0 Å². The quantitative estimate of drug-likeness (QED) is 0.150. The van der Waals surface area contributed by atoms with Crippen LogP contribution in [0.3, 0.4) is 0 Å². The summed E-state index contributed by atoms with van der Waals surface area (Å²) in [5.41, 5.74) is 16.9. The van der Waals surface area contributed by atoms with Crippen LogP contribution in [0.2, 0.25) is 0 Å². The smallest absolute Gasteiger partial charge is 0.160 e. The molecule has 0 aliphatic carbocycles. The third-order valence-corrected chi connectivity index (χ3v) is 13.9. The fraction of sp³-hybridized carbons (Fsp3) is 0. The van der Waals surface area contributed by atoms with Gasteiger partial charge in [-0.3, -0.25) is 0 Å². The largest absolute Gasteiger partial charge is 0.309 e. The maximum Gasteiger partial charge on any atom is 0.160 e. The monoisotopic (exact) mass is 891 g/mol. The Morgan fingerprint density at radius 3 is 1.33 bits per heavy atom. The molecule has 14 rings (SSSR count). The molecule has 0 atom stereocenters. The van der Waals surface area contributed by atoms with Gasteiger partial charge in [-0.1, -0.05) is 182 Å². The van der Waals surface area contributed by atoms with Crippen molar-refractivity contribution in [2.75, 3.05) is 0 Å². The van der Waals surface area contributed by atoms with Crippen molar-refractivity contribution in [3.8, 4) is 67.7 Å². The lowest BCUT2D eigenvalue weighted by molar-refractivity contribution is 1.17. The first-order valence-corrected chi connectivity index (χ1v) is 23.8. The molecule has 5 nitrogen and oxygen atoms in total. The van der Waals surface area contributed by atoms with Crippen LogP contribution in [-0.4, -0.2) is 24.1 Å². The highest BCUT2D eigenvalue weighted by atomic mass is 15.0. The number of rotatable bonds is 7. The Morgan fingerprint density at radius 1 is 0.243 bits per heavy atom. The number of nitrogens with zero attached hydrogens (tertiary/aromatic N) is 5. The van der Waals surface area contributed by atoms with Crippen LogP contribution < -0.4 is 0 Å². The van der Waals surface area contributed by atoms with Crippen LogP contribution in [0.15, 0.2) is 249 Å². The van der Waals surface area contributed by atoms with Crippen LogP contribution in [0.25, 0.3) is 133 Å². The van der Waals surface area contributed by atoms with Gasteiger partial charge in [-0.25, -0.2) is 15.0 Å². The second-order valence-corrected chi connectivity index (χ2v) is 18.0. The molecule has 4 aromatic heterocycles. The third kappa shape index (κ3) is 6.51. The van der Waals surface area contributed by atoms with Gasteiger partial charge in [0.1, 0.15) is 0 Å². The molecule has 326 valence electrons. The number of hydrogen-bond acceptors (Lipinski definition) is 3. The standard InChI is InChI=1S/C65H41N5/c1-4-16-45(17-5-1)64-56-39-55-53-24-12-15-27-62(53)70(48-20-8-3-9-21-48)63(55)40-54(56)50-37-34-47(38-59(50)66-64)42-28-30-43(31-29-42)57-41-58(68-65(67-57)46-18-6-2-7-19-46)44-32-35-49(36-33-44)69-60-25-13-10-22-51(60)52-23-11-14-26-61(52)69/h1-41H. The van der Waals surface area contributed by atoms with Crippen molar-refractivity contribution in [1.82, 2.24) is 24.1 Å². The number of aromatic nitrogens is 5. The van der Waals surface area contributed by atoms with Crippen LogP contribution in [0, 0.1) is 0 Å². The van der Waals surface area contributed by atoms with Crippen LogP contribution in [0.4, 0.5) is 0 Å². The SMILES string of the molecule is c1ccc(-c2nc(-c3ccc(-c4ccc5c(c4)nc(-c4ccccc4)c4cc6c7ccccc7n(-c7ccccc7)c6cc45)cc3)cc(-c3ccc(-n4c5ccccc5c5ccccc54)cc3)n2)cc1. The normalized spacial score (nSPS) is 11.7. The molecule has 0 radical (unpaired) electrons. The van der Waals surface area contributed by atoms with Crippen LogP contribution in [-0.2, 0) is 0 Å². The van der Waals surface area contributed by atoms with Crippen molar-refractivity contribution in [3.05, 3.63) is 249 Å². The zero-order valence-corrected chi connectivity index (χ0v) is 37.9. The minimum absolute atomic E-state index is 0.687. The molecule has 0 unspecified atom stereocenters. The summed E-state index contributed by atoms with van der Waals surface area (Å²) in [6.45, 7) is 0. The third-order valence-electron chi connectivity index (χ3n) is 13.9. The van der Waals surface area contributed by atoms with Crippen molar-refractivity contribution in [2.45, 2.75) is 0 Å². The number of benzene rings is 10. The van der Waals surface area contributed by atoms with Gasteiger partial charge in [0.2, 0.25) is 0 Å². The fourth-order valence-electron chi connectivity index (χ4n) is 10.6. The topological polar surface area (TPSA) is 48.5 Å². The fourth-order valence-corrected chi connectivity index (χ4v) is 10.6. The van der Waals surface area contributed by atoms with E-state index < -0.39 is 0 Å². The Morgan fingerprint density at radius 2 is 0.714 bits per heavy atom. The van der Waals surface area contributed by atoms with Crippen molar-refractivity contribution in [3.63, 3.8) is 0 Å². The summed E-state index contributed by atoms with van der Waals surface area (Å²) in [6.07, 6.45) is 0. The van der Waals surface area contributed by atoms with Crippen molar-refractivity contribution in [1.29, 1.82) is 0 Å². The Labute approximate surface area is 403 Å². The molecule has 0 N–H and O–H groups in total. The van der Waals surface area contributed by atoms with Gasteiger partial charge in [0.25, 0.3) is 0 Å². The van der Waals surface area contributed by atoms with Gasteiger partial charge in [-0.15, -0.1) is 0 Å². The predicted octanol–water partition coefficient (Wildman–Crippen LogP) is 16.7. The van der Waals surface area contributed by atoms with Gasteiger partial charge in [-0.2, -0.15) is 0 Å². The van der Waals surface area contributed by atoms with Gasteiger partial charge in [0, 0.05) is 65.9 Å². The second kappa shape index (κ2) is 16.1. The van der Waals surface area contributed by atoms with E-state index in [2.05, 4.69) is 240 Å². The first kappa shape index (κ1) is 39.7. The Bertz CT molecular complexity index is 4250. The highest BCUT2D eigenvalue weighted by Gasteiger charge is 2.19. The van der Waals surface area contributed by atoms with Crippen molar-refractivity contribution >= 4 is 65.3 Å². The Kier molecular flexibility index (Phi) is 9.14. The van der Waals surface area contributed by atoms with Crippen LogP contribution in [0.5, 0.6) is 0 Å². The first-order chi connectivity index (χ1) is 34.7. The van der Waals surface area contributed by atoms with E-state index in [0.29, 0.717) is 5.82 Å². The van der Waals surface area contributed by atoms with Gasteiger partial charge in [0.15, 0.2) is 5.82 Å². The van der Waals surface area contributed by atoms with Gasteiger partial charge < -0.3 is 9.13 Å². The molecule has 0 aliphatic rings.